The Bertz CT molecular complexity index is 804. The van der Waals surface area contributed by atoms with E-state index in [0.717, 1.165) is 67.0 Å². The van der Waals surface area contributed by atoms with E-state index in [0.29, 0.717) is 5.92 Å². The van der Waals surface area contributed by atoms with Crippen LogP contribution in [0, 0.1) is 5.92 Å². The van der Waals surface area contributed by atoms with Crippen molar-refractivity contribution in [3.8, 4) is 0 Å². The molecule has 0 amide bonds. The lowest BCUT2D eigenvalue weighted by molar-refractivity contribution is 0.323. The second-order valence-corrected chi connectivity index (χ2v) is 7.71. The summed E-state index contributed by atoms with van der Waals surface area (Å²) in [4.78, 5) is 7.35. The molecule has 0 bridgehead atoms. The largest absolute Gasteiger partial charge is 0.338 e. The molecule has 0 aromatic heterocycles. The van der Waals surface area contributed by atoms with Crippen LogP contribution in [0.4, 0.5) is 5.69 Å². The zero-order valence-electron chi connectivity index (χ0n) is 15.7. The van der Waals surface area contributed by atoms with Gasteiger partial charge in [-0.2, -0.15) is 10.1 Å². The van der Waals surface area contributed by atoms with Crippen LogP contribution in [0.25, 0.3) is 5.70 Å². The molecule has 1 fully saturated rings. The number of nitrogens with zero attached hydrogens (tertiary/aromatic N) is 4. The molecule has 1 saturated heterocycles. The van der Waals surface area contributed by atoms with Crippen LogP contribution in [-0.2, 0) is 0 Å². The first-order valence-electron chi connectivity index (χ1n) is 9.50. The van der Waals surface area contributed by atoms with E-state index in [1.807, 2.05) is 18.2 Å². The fourth-order valence-electron chi connectivity index (χ4n) is 3.85. The summed E-state index contributed by atoms with van der Waals surface area (Å²) in [6.45, 7) is 10.4. The summed E-state index contributed by atoms with van der Waals surface area (Å²) in [7, 11) is 0. The van der Waals surface area contributed by atoms with Crippen molar-refractivity contribution in [1.82, 2.24) is 15.2 Å². The lowest BCUT2D eigenvalue weighted by atomic mass is 9.92. The Labute approximate surface area is 160 Å². The number of nitrogens with one attached hydrogen (secondary N) is 1. The highest BCUT2D eigenvalue weighted by Crippen LogP contribution is 2.42. The first kappa shape index (κ1) is 17.6. The minimum Gasteiger partial charge on any atom is -0.338 e. The molecule has 6 heteroatoms. The van der Waals surface area contributed by atoms with E-state index in [2.05, 4.69) is 36.0 Å². The molecule has 5 nitrogen and oxygen atoms in total. The monoisotopic (exact) mass is 371 g/mol. The average molecular weight is 372 g/mol. The van der Waals surface area contributed by atoms with E-state index in [4.69, 9.17) is 21.7 Å². The molecule has 1 aromatic carbocycles. The fourth-order valence-corrected chi connectivity index (χ4v) is 4.02. The molecule has 138 valence electrons. The van der Waals surface area contributed by atoms with Crippen LogP contribution in [0.1, 0.15) is 39.2 Å². The Morgan fingerprint density at radius 2 is 2.04 bits per heavy atom. The molecule has 3 heterocycles. The van der Waals surface area contributed by atoms with Crippen molar-refractivity contribution in [2.75, 3.05) is 26.2 Å². The Morgan fingerprint density at radius 3 is 2.77 bits per heavy atom. The smallest absolute Gasteiger partial charge is 0.227 e. The molecule has 26 heavy (non-hydrogen) atoms. The van der Waals surface area contributed by atoms with Crippen LogP contribution in [-0.4, -0.2) is 47.8 Å². The Hall–Kier alpha value is -1.85. The summed E-state index contributed by atoms with van der Waals surface area (Å²) in [6, 6.07) is 5.99. The van der Waals surface area contributed by atoms with E-state index in [-0.39, 0.29) is 0 Å². The van der Waals surface area contributed by atoms with Gasteiger partial charge in [0.05, 0.1) is 11.4 Å². The number of guanidine groups is 1. The number of allylic oxidation sites excluding steroid dienone is 1. The highest BCUT2D eigenvalue weighted by Gasteiger charge is 2.34. The summed E-state index contributed by atoms with van der Waals surface area (Å²) in [5.74, 6) is 1.37. The molecule has 1 N–H and O–H groups in total. The van der Waals surface area contributed by atoms with Gasteiger partial charge >= 0.3 is 0 Å². The van der Waals surface area contributed by atoms with Crippen molar-refractivity contribution in [3.63, 3.8) is 0 Å². The number of piperazine rings is 1. The van der Waals surface area contributed by atoms with Gasteiger partial charge in [0, 0.05) is 42.5 Å². The van der Waals surface area contributed by atoms with Gasteiger partial charge in [-0.3, -0.25) is 0 Å². The molecule has 0 saturated carbocycles. The molecule has 0 spiro atoms. The normalized spacial score (nSPS) is 23.2. The van der Waals surface area contributed by atoms with E-state index in [9.17, 15) is 0 Å². The van der Waals surface area contributed by atoms with Crippen LogP contribution in [0.3, 0.4) is 0 Å². The molecular formula is C20H26ClN5. The van der Waals surface area contributed by atoms with Gasteiger partial charge in [0.1, 0.15) is 0 Å². The maximum Gasteiger partial charge on any atom is 0.227 e. The van der Waals surface area contributed by atoms with Crippen LogP contribution < -0.4 is 5.32 Å². The van der Waals surface area contributed by atoms with Gasteiger partial charge in [-0.05, 0) is 49.5 Å². The maximum atomic E-state index is 6.34. The summed E-state index contributed by atoms with van der Waals surface area (Å²) in [6.07, 6.45) is 2.03. The first-order valence-corrected chi connectivity index (χ1v) is 9.87. The number of hydrazone groups is 1. The number of halogens is 1. The molecule has 1 aromatic rings. The number of rotatable bonds is 1. The second kappa shape index (κ2) is 7.05. The number of hydrogen-bond donors (Lipinski definition) is 1. The van der Waals surface area contributed by atoms with Gasteiger partial charge in [-0.15, -0.1) is 0 Å². The standard InChI is InChI=1S/C20H26ClN5/c1-4-15-11-13(2)14(3)24-26-19(15)17-12-16(21)5-6-18(17)23-20(26)25-9-7-22-8-10-25/h5-6,12-13,22H,4,7-11H2,1-3H3. The van der Waals surface area contributed by atoms with Crippen molar-refractivity contribution < 1.29 is 0 Å². The SMILES string of the molecule is CCC1=C2c3cc(Cl)ccc3N=C(N3CCNCC3)N2N=C(C)C(C)C1. The van der Waals surface area contributed by atoms with Crippen molar-refractivity contribution in [1.29, 1.82) is 0 Å². The molecule has 1 atom stereocenters. The molecule has 3 aliphatic heterocycles. The number of aliphatic imine (C=N–C) groups is 1. The summed E-state index contributed by atoms with van der Waals surface area (Å²) < 4.78 is 0. The maximum absolute atomic E-state index is 6.34. The third-order valence-electron chi connectivity index (χ3n) is 5.52. The highest BCUT2D eigenvalue weighted by molar-refractivity contribution is 6.31. The predicted molar refractivity (Wildman–Crippen MR) is 109 cm³/mol. The van der Waals surface area contributed by atoms with Crippen molar-refractivity contribution in [3.05, 3.63) is 34.4 Å². The second-order valence-electron chi connectivity index (χ2n) is 7.27. The van der Waals surface area contributed by atoms with Gasteiger partial charge in [0.25, 0.3) is 0 Å². The van der Waals surface area contributed by atoms with Crippen molar-refractivity contribution in [2.24, 2.45) is 16.0 Å². The summed E-state index contributed by atoms with van der Waals surface area (Å²) in [5.41, 5.74) is 5.84. The Balaban J connectivity index is 1.93. The van der Waals surface area contributed by atoms with Crippen LogP contribution in [0.15, 0.2) is 33.9 Å². The van der Waals surface area contributed by atoms with Gasteiger partial charge < -0.3 is 10.2 Å². The first-order chi connectivity index (χ1) is 12.6. The summed E-state index contributed by atoms with van der Waals surface area (Å²) in [5, 5.41) is 11.3. The topological polar surface area (TPSA) is 43.2 Å². The van der Waals surface area contributed by atoms with Gasteiger partial charge in [0.15, 0.2) is 0 Å². The Morgan fingerprint density at radius 1 is 1.27 bits per heavy atom. The quantitative estimate of drug-likeness (QED) is 0.808. The van der Waals surface area contributed by atoms with E-state index >= 15 is 0 Å². The third-order valence-corrected chi connectivity index (χ3v) is 5.76. The van der Waals surface area contributed by atoms with Crippen molar-refractivity contribution in [2.45, 2.75) is 33.6 Å². The highest BCUT2D eigenvalue weighted by atomic mass is 35.5. The predicted octanol–water partition coefficient (Wildman–Crippen LogP) is 4.09. The van der Waals surface area contributed by atoms with Gasteiger partial charge in [-0.25, -0.2) is 4.99 Å². The van der Waals surface area contributed by atoms with Gasteiger partial charge in [0.2, 0.25) is 5.96 Å². The molecule has 0 radical (unpaired) electrons. The minimum absolute atomic E-state index is 0.426. The lowest BCUT2D eigenvalue weighted by Gasteiger charge is -2.38. The van der Waals surface area contributed by atoms with E-state index in [1.54, 1.807) is 0 Å². The molecular weight excluding hydrogens is 346 g/mol. The van der Waals surface area contributed by atoms with Crippen LogP contribution in [0.2, 0.25) is 5.02 Å². The number of hydrogen-bond acceptors (Lipinski definition) is 5. The Kier molecular flexibility index (Phi) is 4.76. The summed E-state index contributed by atoms with van der Waals surface area (Å²) >= 11 is 6.34. The minimum atomic E-state index is 0.426. The van der Waals surface area contributed by atoms with E-state index in [1.165, 1.54) is 11.3 Å². The number of benzene rings is 1. The fraction of sp³-hybridized carbons (Fsp3) is 0.500. The van der Waals surface area contributed by atoms with Crippen LogP contribution >= 0.6 is 11.6 Å². The molecule has 3 aliphatic rings. The molecule has 1 unspecified atom stereocenters. The van der Waals surface area contributed by atoms with Crippen molar-refractivity contribution >= 4 is 34.7 Å². The van der Waals surface area contributed by atoms with Crippen LogP contribution in [0.5, 0.6) is 0 Å². The third kappa shape index (κ3) is 3.03. The molecule has 0 aliphatic carbocycles. The zero-order valence-corrected chi connectivity index (χ0v) is 16.5. The zero-order chi connectivity index (χ0) is 18.3. The lowest BCUT2D eigenvalue weighted by Crippen LogP contribution is -2.51. The average Bonchev–Trinajstić information content (AvgIpc) is 2.78. The van der Waals surface area contributed by atoms with Gasteiger partial charge in [-0.1, -0.05) is 25.4 Å². The van der Waals surface area contributed by atoms with E-state index < -0.39 is 0 Å². The number of fused-ring (bicyclic) bond motifs is 3. The molecule has 4 rings (SSSR count).